The molecule has 2 aliphatic rings. The smallest absolute Gasteiger partial charge is 0.271 e. The topological polar surface area (TPSA) is 107 Å². The van der Waals surface area contributed by atoms with Gasteiger partial charge >= 0.3 is 0 Å². The van der Waals surface area contributed by atoms with Crippen molar-refractivity contribution in [1.29, 1.82) is 5.26 Å². The van der Waals surface area contributed by atoms with Crippen LogP contribution in [0.5, 0.6) is 5.75 Å². The maximum atomic E-state index is 15.0. The molecule has 9 nitrogen and oxygen atoms in total. The summed E-state index contributed by atoms with van der Waals surface area (Å²) >= 11 is 0. The lowest BCUT2D eigenvalue weighted by atomic mass is 9.80. The van der Waals surface area contributed by atoms with Gasteiger partial charge in [0, 0.05) is 55.4 Å². The number of aromatic nitrogens is 1. The molecule has 3 heterocycles. The molecule has 1 saturated heterocycles. The minimum atomic E-state index is -4.48. The van der Waals surface area contributed by atoms with Crippen molar-refractivity contribution in [1.82, 2.24) is 9.88 Å². The summed E-state index contributed by atoms with van der Waals surface area (Å²) in [6.45, 7) is 4.05. The quantitative estimate of drug-likeness (QED) is 0.311. The second-order valence-corrected chi connectivity index (χ2v) is 12.0. The van der Waals surface area contributed by atoms with E-state index in [2.05, 4.69) is 16.0 Å². The molecule has 1 amide bonds. The van der Waals surface area contributed by atoms with E-state index in [1.54, 1.807) is 42.7 Å². The zero-order valence-electron chi connectivity index (χ0n) is 23.4. The van der Waals surface area contributed by atoms with E-state index in [4.69, 9.17) is 4.74 Å². The van der Waals surface area contributed by atoms with Crippen LogP contribution in [0.15, 0.2) is 96.2 Å². The summed E-state index contributed by atoms with van der Waals surface area (Å²) < 4.78 is 49.0. The molecule has 43 heavy (non-hydrogen) atoms. The highest BCUT2D eigenvalue weighted by Gasteiger charge is 2.60. The molecule has 6 rings (SSSR count). The summed E-state index contributed by atoms with van der Waals surface area (Å²) in [7, 11) is -4.48. The Morgan fingerprint density at radius 3 is 2.33 bits per heavy atom. The van der Waals surface area contributed by atoms with Gasteiger partial charge in [-0.1, -0.05) is 18.2 Å². The predicted octanol–water partition coefficient (Wildman–Crippen LogP) is 4.29. The van der Waals surface area contributed by atoms with Gasteiger partial charge in [0.05, 0.1) is 28.8 Å². The number of nitriles is 1. The molecule has 0 aliphatic carbocycles. The number of anilines is 2. The van der Waals surface area contributed by atoms with Crippen molar-refractivity contribution < 1.29 is 22.3 Å². The predicted molar refractivity (Wildman–Crippen MR) is 159 cm³/mol. The van der Waals surface area contributed by atoms with Gasteiger partial charge in [0.25, 0.3) is 15.9 Å². The monoisotopic (exact) mass is 597 g/mol. The van der Waals surface area contributed by atoms with Crippen molar-refractivity contribution in [3.8, 4) is 11.8 Å². The van der Waals surface area contributed by atoms with E-state index in [1.807, 2.05) is 24.0 Å². The number of amides is 1. The number of carbonyl (C=O) groups excluding carboxylic acids is 1. The van der Waals surface area contributed by atoms with E-state index < -0.39 is 27.3 Å². The van der Waals surface area contributed by atoms with Gasteiger partial charge in [-0.25, -0.2) is 17.1 Å². The van der Waals surface area contributed by atoms with E-state index >= 15 is 4.79 Å². The van der Waals surface area contributed by atoms with Crippen LogP contribution in [0.2, 0.25) is 0 Å². The molecule has 1 atom stereocenters. The molecule has 2 aliphatic heterocycles. The number of halogens is 1. The lowest BCUT2D eigenvalue weighted by Gasteiger charge is -2.46. The molecular weight excluding hydrogens is 569 g/mol. The number of carbonyl (C=O) groups is 1. The lowest BCUT2D eigenvalue weighted by molar-refractivity contribution is -0.127. The average Bonchev–Trinajstić information content (AvgIpc) is 3.30. The highest BCUT2D eigenvalue weighted by molar-refractivity contribution is 7.93. The largest absolute Gasteiger partial charge is 0.493 e. The van der Waals surface area contributed by atoms with Crippen LogP contribution in [0.25, 0.3) is 0 Å². The molecule has 3 aromatic carbocycles. The standard InChI is InChI=1S/C32H28FN5O4S/c1-2-42-30-6-4-3-5-27(30)32(37-19-17-36(18-20-37)25-13-15-35-16-14-25)28-21-23(22-34)7-12-29(28)38(31(32)39)43(40,41)26-10-8-24(33)9-11-26/h3-16,21H,2,17-20H2,1H3. The first-order valence-corrected chi connectivity index (χ1v) is 15.3. The van der Waals surface area contributed by atoms with Crippen molar-refractivity contribution in [2.75, 3.05) is 42.0 Å². The first-order valence-electron chi connectivity index (χ1n) is 13.8. The van der Waals surface area contributed by atoms with Crippen molar-refractivity contribution in [3.05, 3.63) is 114 Å². The number of sulfonamides is 1. The number of fused-ring (bicyclic) bond motifs is 1. The Labute approximate surface area is 249 Å². The Kier molecular flexibility index (Phi) is 7.33. The fraction of sp³-hybridized carbons (Fsp3) is 0.219. The van der Waals surface area contributed by atoms with E-state index in [0.717, 1.165) is 34.3 Å². The third kappa shape index (κ3) is 4.59. The van der Waals surface area contributed by atoms with Crippen LogP contribution in [0.4, 0.5) is 15.8 Å². The zero-order chi connectivity index (χ0) is 30.2. The minimum absolute atomic E-state index is 0.135. The van der Waals surface area contributed by atoms with Crippen LogP contribution in [-0.2, 0) is 20.4 Å². The fourth-order valence-corrected chi connectivity index (χ4v) is 7.49. The molecule has 0 bridgehead atoms. The Bertz CT molecular complexity index is 1820. The number of hydrogen-bond donors (Lipinski definition) is 0. The van der Waals surface area contributed by atoms with Gasteiger partial charge in [-0.2, -0.15) is 5.26 Å². The number of pyridine rings is 1. The van der Waals surface area contributed by atoms with Gasteiger partial charge in [0.15, 0.2) is 5.54 Å². The number of benzene rings is 3. The highest BCUT2D eigenvalue weighted by Crippen LogP contribution is 2.53. The van der Waals surface area contributed by atoms with Gasteiger partial charge in [0.2, 0.25) is 0 Å². The van der Waals surface area contributed by atoms with E-state index in [-0.39, 0.29) is 16.1 Å². The van der Waals surface area contributed by atoms with Gasteiger partial charge in [-0.15, -0.1) is 0 Å². The summed E-state index contributed by atoms with van der Waals surface area (Å²) in [5.41, 5.74) is 0.617. The molecule has 0 spiro atoms. The first kappa shape index (κ1) is 28.3. The first-order chi connectivity index (χ1) is 20.8. The van der Waals surface area contributed by atoms with Gasteiger partial charge in [-0.05, 0) is 67.6 Å². The maximum Gasteiger partial charge on any atom is 0.271 e. The van der Waals surface area contributed by atoms with Crippen LogP contribution in [-0.4, -0.2) is 57.0 Å². The SMILES string of the molecule is CCOc1ccccc1C1(N2CCN(c3ccncc3)CC2)C(=O)N(S(=O)(=O)c2ccc(F)cc2)c2ccc(C#N)cc21. The number of piperazine rings is 1. The molecule has 4 aromatic rings. The highest BCUT2D eigenvalue weighted by atomic mass is 32.2. The van der Waals surface area contributed by atoms with Crippen LogP contribution >= 0.6 is 0 Å². The van der Waals surface area contributed by atoms with Crippen LogP contribution < -0.4 is 13.9 Å². The molecule has 11 heteroatoms. The lowest BCUT2D eigenvalue weighted by Crippen LogP contribution is -2.60. The number of ether oxygens (including phenoxy) is 1. The van der Waals surface area contributed by atoms with Crippen molar-refractivity contribution >= 4 is 27.3 Å². The molecule has 0 radical (unpaired) electrons. The minimum Gasteiger partial charge on any atom is -0.493 e. The second-order valence-electron chi connectivity index (χ2n) is 10.2. The van der Waals surface area contributed by atoms with E-state index in [1.165, 1.54) is 12.1 Å². The molecule has 1 unspecified atom stereocenters. The summed E-state index contributed by atoms with van der Waals surface area (Å²) in [5, 5.41) is 9.86. The van der Waals surface area contributed by atoms with Crippen molar-refractivity contribution in [2.45, 2.75) is 17.4 Å². The third-order valence-electron chi connectivity index (χ3n) is 7.94. The number of nitrogens with zero attached hydrogens (tertiary/aromatic N) is 5. The summed E-state index contributed by atoms with van der Waals surface area (Å²) in [5.74, 6) is -0.881. The van der Waals surface area contributed by atoms with E-state index in [9.17, 15) is 18.1 Å². The molecule has 218 valence electrons. The zero-order valence-corrected chi connectivity index (χ0v) is 24.2. The Morgan fingerprint density at radius 2 is 1.65 bits per heavy atom. The number of hydrogen-bond acceptors (Lipinski definition) is 8. The fourth-order valence-electron chi connectivity index (χ4n) is 6.03. The van der Waals surface area contributed by atoms with Gasteiger partial charge in [-0.3, -0.25) is 14.7 Å². The van der Waals surface area contributed by atoms with E-state index in [0.29, 0.717) is 49.7 Å². The van der Waals surface area contributed by atoms with Crippen LogP contribution in [0, 0.1) is 17.1 Å². The summed E-state index contributed by atoms with van der Waals surface area (Å²) in [6, 6.07) is 22.0. The molecule has 1 aromatic heterocycles. The molecule has 0 saturated carbocycles. The Hall–Kier alpha value is -4.79. The van der Waals surface area contributed by atoms with Crippen molar-refractivity contribution in [2.24, 2.45) is 0 Å². The number of rotatable bonds is 7. The Balaban J connectivity index is 1.57. The average molecular weight is 598 g/mol. The summed E-state index contributed by atoms with van der Waals surface area (Å²) in [6.07, 6.45) is 3.44. The molecule has 1 fully saturated rings. The summed E-state index contributed by atoms with van der Waals surface area (Å²) in [4.78, 5) is 23.1. The molecule has 0 N–H and O–H groups in total. The van der Waals surface area contributed by atoms with Gasteiger partial charge in [0.1, 0.15) is 11.6 Å². The normalized spacial score (nSPS) is 18.8. The third-order valence-corrected chi connectivity index (χ3v) is 9.65. The van der Waals surface area contributed by atoms with Crippen molar-refractivity contribution in [3.63, 3.8) is 0 Å². The maximum absolute atomic E-state index is 15.0. The Morgan fingerprint density at radius 1 is 0.953 bits per heavy atom. The second kappa shape index (κ2) is 11.1. The van der Waals surface area contributed by atoms with Gasteiger partial charge < -0.3 is 9.64 Å². The van der Waals surface area contributed by atoms with Crippen LogP contribution in [0.1, 0.15) is 23.6 Å². The van der Waals surface area contributed by atoms with Crippen LogP contribution in [0.3, 0.4) is 0 Å². The number of para-hydroxylation sites is 1. The molecular formula is C32H28FN5O4S.